The molecule has 1 rings (SSSR count). The Morgan fingerprint density at radius 1 is 1.79 bits per heavy atom. The molecule has 1 aliphatic heterocycles. The molecule has 6 nitrogen and oxygen atoms in total. The highest BCUT2D eigenvalue weighted by Gasteiger charge is 2.23. The number of esters is 1. The topological polar surface area (TPSA) is 84.7 Å². The molecule has 0 radical (unpaired) electrons. The zero-order valence-electron chi connectivity index (χ0n) is 8.16. The zero-order valence-corrected chi connectivity index (χ0v) is 8.16. The smallest absolute Gasteiger partial charge is 0.324 e. The molecule has 0 bridgehead atoms. The van der Waals surface area contributed by atoms with Crippen LogP contribution in [0.4, 0.5) is 0 Å². The lowest BCUT2D eigenvalue weighted by Crippen LogP contribution is -2.53. The van der Waals surface area contributed by atoms with E-state index in [-0.39, 0.29) is 12.5 Å². The highest BCUT2D eigenvalue weighted by Crippen LogP contribution is 1.96. The summed E-state index contributed by atoms with van der Waals surface area (Å²) < 4.78 is 4.47. The van der Waals surface area contributed by atoms with Gasteiger partial charge in [-0.05, 0) is 0 Å². The minimum absolute atomic E-state index is 0.0318. The van der Waals surface area contributed by atoms with Crippen molar-refractivity contribution < 1.29 is 14.3 Å². The van der Waals surface area contributed by atoms with Gasteiger partial charge in [0.15, 0.2) is 0 Å². The summed E-state index contributed by atoms with van der Waals surface area (Å²) in [4.78, 5) is 23.9. The van der Waals surface area contributed by atoms with E-state index in [1.165, 1.54) is 7.11 Å². The molecule has 3 N–H and O–H groups in total. The van der Waals surface area contributed by atoms with Gasteiger partial charge in [-0.1, -0.05) is 0 Å². The second-order valence-electron chi connectivity index (χ2n) is 3.15. The van der Waals surface area contributed by atoms with Crippen molar-refractivity contribution in [2.75, 3.05) is 33.3 Å². The summed E-state index contributed by atoms with van der Waals surface area (Å²) in [6, 6.07) is -0.748. The van der Waals surface area contributed by atoms with Crippen LogP contribution >= 0.6 is 0 Å². The van der Waals surface area contributed by atoms with Gasteiger partial charge >= 0.3 is 5.97 Å². The molecule has 0 spiro atoms. The van der Waals surface area contributed by atoms with Crippen LogP contribution < -0.4 is 11.1 Å². The highest BCUT2D eigenvalue weighted by molar-refractivity contribution is 5.81. The molecule has 1 heterocycles. The Balaban J connectivity index is 2.42. The van der Waals surface area contributed by atoms with Crippen molar-refractivity contribution in [2.45, 2.75) is 6.04 Å². The molecular formula is C8H15N3O3. The van der Waals surface area contributed by atoms with Gasteiger partial charge in [0.25, 0.3) is 0 Å². The van der Waals surface area contributed by atoms with E-state index in [0.29, 0.717) is 13.1 Å². The number of amides is 1. The van der Waals surface area contributed by atoms with Crippen LogP contribution in [0.2, 0.25) is 0 Å². The first-order valence-corrected chi connectivity index (χ1v) is 4.47. The Morgan fingerprint density at radius 3 is 3.07 bits per heavy atom. The monoisotopic (exact) mass is 201 g/mol. The van der Waals surface area contributed by atoms with E-state index in [1.807, 2.05) is 0 Å². The van der Waals surface area contributed by atoms with Gasteiger partial charge in [0.2, 0.25) is 5.91 Å². The Labute approximate surface area is 82.4 Å². The van der Waals surface area contributed by atoms with E-state index in [9.17, 15) is 9.59 Å². The molecule has 6 heteroatoms. The maximum absolute atomic E-state index is 11.3. The number of piperazine rings is 1. The van der Waals surface area contributed by atoms with Crippen molar-refractivity contribution >= 4 is 11.9 Å². The third-order valence-corrected chi connectivity index (χ3v) is 2.11. The third kappa shape index (κ3) is 2.68. The number of nitrogens with zero attached hydrogens (tertiary/aromatic N) is 1. The average molecular weight is 201 g/mol. The van der Waals surface area contributed by atoms with Crippen LogP contribution in [0.1, 0.15) is 0 Å². The van der Waals surface area contributed by atoms with Crippen LogP contribution in [0.5, 0.6) is 0 Å². The fraction of sp³-hybridized carbons (Fsp3) is 0.750. The number of carbonyl (C=O) groups excluding carboxylic acids is 2. The summed E-state index contributed by atoms with van der Waals surface area (Å²) in [5.74, 6) is -0.521. The summed E-state index contributed by atoms with van der Waals surface area (Å²) in [5.41, 5.74) is 5.53. The minimum Gasteiger partial charge on any atom is -0.468 e. The summed E-state index contributed by atoms with van der Waals surface area (Å²) >= 11 is 0. The fourth-order valence-corrected chi connectivity index (χ4v) is 1.30. The Hall–Kier alpha value is -1.14. The SMILES string of the molecule is COC(=O)C(N)CN1CCNCC1=O. The summed E-state index contributed by atoms with van der Waals surface area (Å²) in [6.07, 6.45) is 0. The largest absolute Gasteiger partial charge is 0.468 e. The highest BCUT2D eigenvalue weighted by atomic mass is 16.5. The molecule has 1 fully saturated rings. The molecule has 0 aromatic heterocycles. The van der Waals surface area contributed by atoms with Gasteiger partial charge in [-0.2, -0.15) is 0 Å². The summed E-state index contributed by atoms with van der Waals surface area (Å²) in [6.45, 7) is 1.87. The van der Waals surface area contributed by atoms with E-state index < -0.39 is 12.0 Å². The lowest BCUT2D eigenvalue weighted by atomic mass is 10.2. The fourth-order valence-electron chi connectivity index (χ4n) is 1.30. The standard InChI is InChI=1S/C8H15N3O3/c1-14-8(13)6(9)5-11-3-2-10-4-7(11)12/h6,10H,2-5,9H2,1H3. The van der Waals surface area contributed by atoms with E-state index >= 15 is 0 Å². The zero-order chi connectivity index (χ0) is 10.6. The number of nitrogens with two attached hydrogens (primary N) is 1. The minimum atomic E-state index is -0.748. The predicted molar refractivity (Wildman–Crippen MR) is 49.4 cm³/mol. The molecule has 1 saturated heterocycles. The van der Waals surface area contributed by atoms with Gasteiger partial charge in [-0.25, -0.2) is 0 Å². The number of carbonyl (C=O) groups is 2. The predicted octanol–water partition coefficient (Wildman–Crippen LogP) is -2.08. The third-order valence-electron chi connectivity index (χ3n) is 2.11. The van der Waals surface area contributed by atoms with Crippen molar-refractivity contribution in [3.8, 4) is 0 Å². The molecule has 80 valence electrons. The molecule has 0 saturated carbocycles. The van der Waals surface area contributed by atoms with Crippen molar-refractivity contribution in [3.63, 3.8) is 0 Å². The molecule has 1 amide bonds. The molecule has 1 atom stereocenters. The van der Waals surface area contributed by atoms with Crippen LogP contribution in [0.15, 0.2) is 0 Å². The molecule has 14 heavy (non-hydrogen) atoms. The number of hydrogen-bond donors (Lipinski definition) is 2. The maximum atomic E-state index is 11.3. The first kappa shape index (κ1) is 10.9. The van der Waals surface area contributed by atoms with Crippen LogP contribution in [-0.2, 0) is 14.3 Å². The van der Waals surface area contributed by atoms with Gasteiger partial charge in [0.05, 0.1) is 13.7 Å². The molecular weight excluding hydrogens is 186 g/mol. The molecule has 0 aliphatic carbocycles. The number of ether oxygens (including phenoxy) is 1. The number of nitrogens with one attached hydrogen (secondary N) is 1. The Bertz CT molecular complexity index is 232. The second-order valence-corrected chi connectivity index (χ2v) is 3.15. The van der Waals surface area contributed by atoms with E-state index in [2.05, 4.69) is 10.1 Å². The summed E-state index contributed by atoms with van der Waals surface area (Å²) in [7, 11) is 1.28. The van der Waals surface area contributed by atoms with Crippen molar-refractivity contribution in [1.82, 2.24) is 10.2 Å². The summed E-state index contributed by atoms with van der Waals surface area (Å²) in [5, 5.41) is 2.93. The second kappa shape index (κ2) is 4.92. The first-order valence-electron chi connectivity index (χ1n) is 4.47. The van der Waals surface area contributed by atoms with Crippen LogP contribution in [0.3, 0.4) is 0 Å². The van der Waals surface area contributed by atoms with E-state index in [1.54, 1.807) is 4.90 Å². The van der Waals surface area contributed by atoms with E-state index in [4.69, 9.17) is 5.73 Å². The molecule has 0 aromatic rings. The molecule has 1 unspecified atom stereocenters. The Kier molecular flexibility index (Phi) is 3.84. The van der Waals surface area contributed by atoms with Crippen LogP contribution in [-0.4, -0.2) is 56.1 Å². The van der Waals surface area contributed by atoms with Gasteiger partial charge in [-0.15, -0.1) is 0 Å². The van der Waals surface area contributed by atoms with Crippen molar-refractivity contribution in [1.29, 1.82) is 0 Å². The molecule has 0 aromatic carbocycles. The Morgan fingerprint density at radius 2 is 2.50 bits per heavy atom. The average Bonchev–Trinajstić information content (AvgIpc) is 2.20. The quantitative estimate of drug-likeness (QED) is 0.512. The normalized spacial score (nSPS) is 19.3. The lowest BCUT2D eigenvalue weighted by Gasteiger charge is -2.28. The molecule has 1 aliphatic rings. The van der Waals surface area contributed by atoms with Gasteiger partial charge in [0, 0.05) is 19.6 Å². The van der Waals surface area contributed by atoms with Crippen molar-refractivity contribution in [2.24, 2.45) is 5.73 Å². The number of methoxy groups -OCH3 is 1. The van der Waals surface area contributed by atoms with Crippen LogP contribution in [0, 0.1) is 0 Å². The van der Waals surface area contributed by atoms with Gasteiger partial charge < -0.3 is 20.7 Å². The first-order chi connectivity index (χ1) is 6.65. The van der Waals surface area contributed by atoms with Gasteiger partial charge in [-0.3, -0.25) is 9.59 Å². The van der Waals surface area contributed by atoms with E-state index in [0.717, 1.165) is 6.54 Å². The number of hydrogen-bond acceptors (Lipinski definition) is 5. The maximum Gasteiger partial charge on any atom is 0.324 e. The van der Waals surface area contributed by atoms with Crippen LogP contribution in [0.25, 0.3) is 0 Å². The lowest BCUT2D eigenvalue weighted by molar-refractivity contribution is -0.143. The van der Waals surface area contributed by atoms with Gasteiger partial charge in [0.1, 0.15) is 6.04 Å². The number of rotatable bonds is 3. The van der Waals surface area contributed by atoms with Crippen molar-refractivity contribution in [3.05, 3.63) is 0 Å².